The number of nitriles is 1. The standard InChI is InChI=1S/C16H15ClN2O/c17-14-5-3-13(4-6-14)16(20)11-19-15-7-1-12(2-8-15)9-10-18/h1-8,16,19-20H,9,11H2. The van der Waals surface area contributed by atoms with Crippen molar-refractivity contribution in [3.63, 3.8) is 0 Å². The maximum Gasteiger partial charge on any atom is 0.0962 e. The minimum absolute atomic E-state index is 0.410. The molecule has 0 bridgehead atoms. The lowest BCUT2D eigenvalue weighted by molar-refractivity contribution is 0.191. The predicted molar refractivity (Wildman–Crippen MR) is 80.7 cm³/mol. The van der Waals surface area contributed by atoms with Crippen LogP contribution < -0.4 is 5.32 Å². The molecule has 0 fully saturated rings. The van der Waals surface area contributed by atoms with Crippen LogP contribution in [0.25, 0.3) is 0 Å². The highest BCUT2D eigenvalue weighted by Gasteiger charge is 2.06. The molecule has 0 amide bonds. The zero-order valence-corrected chi connectivity index (χ0v) is 11.6. The molecule has 0 aliphatic heterocycles. The first-order chi connectivity index (χ1) is 9.69. The molecule has 20 heavy (non-hydrogen) atoms. The molecule has 2 aromatic carbocycles. The third-order valence-electron chi connectivity index (χ3n) is 2.99. The molecule has 2 N–H and O–H groups in total. The second-order valence-electron chi connectivity index (χ2n) is 4.48. The van der Waals surface area contributed by atoms with Gasteiger partial charge >= 0.3 is 0 Å². The maximum atomic E-state index is 10.1. The van der Waals surface area contributed by atoms with Crippen molar-refractivity contribution in [3.8, 4) is 6.07 Å². The summed E-state index contributed by atoms with van der Waals surface area (Å²) in [6.45, 7) is 0.416. The van der Waals surface area contributed by atoms with Crippen LogP contribution in [0.2, 0.25) is 5.02 Å². The van der Waals surface area contributed by atoms with Crippen molar-refractivity contribution < 1.29 is 5.11 Å². The molecule has 0 aliphatic rings. The van der Waals surface area contributed by atoms with E-state index in [4.69, 9.17) is 16.9 Å². The molecule has 0 aromatic heterocycles. The summed E-state index contributed by atoms with van der Waals surface area (Å²) >= 11 is 5.81. The number of hydrogen-bond donors (Lipinski definition) is 2. The zero-order valence-electron chi connectivity index (χ0n) is 10.9. The van der Waals surface area contributed by atoms with E-state index in [-0.39, 0.29) is 0 Å². The molecule has 0 saturated carbocycles. The minimum atomic E-state index is -0.592. The van der Waals surface area contributed by atoms with E-state index in [0.717, 1.165) is 16.8 Å². The summed E-state index contributed by atoms with van der Waals surface area (Å²) in [7, 11) is 0. The summed E-state index contributed by atoms with van der Waals surface area (Å²) in [5, 5.41) is 22.5. The lowest BCUT2D eigenvalue weighted by Crippen LogP contribution is -2.12. The van der Waals surface area contributed by atoms with Crippen molar-refractivity contribution in [2.24, 2.45) is 0 Å². The SMILES string of the molecule is N#CCc1ccc(NCC(O)c2ccc(Cl)cc2)cc1. The van der Waals surface area contributed by atoms with E-state index in [1.165, 1.54) is 0 Å². The highest BCUT2D eigenvalue weighted by molar-refractivity contribution is 6.30. The van der Waals surface area contributed by atoms with Gasteiger partial charge < -0.3 is 10.4 Å². The Balaban J connectivity index is 1.91. The summed E-state index contributed by atoms with van der Waals surface area (Å²) in [5.74, 6) is 0. The van der Waals surface area contributed by atoms with Gasteiger partial charge in [0.2, 0.25) is 0 Å². The van der Waals surface area contributed by atoms with E-state index in [9.17, 15) is 5.11 Å². The Hall–Kier alpha value is -2.02. The van der Waals surface area contributed by atoms with Crippen molar-refractivity contribution >= 4 is 17.3 Å². The van der Waals surface area contributed by atoms with Gasteiger partial charge in [-0.15, -0.1) is 0 Å². The Labute approximate surface area is 123 Å². The Kier molecular flexibility index (Phi) is 5.00. The topological polar surface area (TPSA) is 56.0 Å². The van der Waals surface area contributed by atoms with Gasteiger partial charge in [0.05, 0.1) is 18.6 Å². The number of hydrogen-bond acceptors (Lipinski definition) is 3. The minimum Gasteiger partial charge on any atom is -0.387 e. The van der Waals surface area contributed by atoms with Gasteiger partial charge in [-0.1, -0.05) is 35.9 Å². The van der Waals surface area contributed by atoms with Crippen molar-refractivity contribution in [2.75, 3.05) is 11.9 Å². The normalized spacial score (nSPS) is 11.7. The molecule has 3 nitrogen and oxygen atoms in total. The predicted octanol–water partition coefficient (Wildman–Crippen LogP) is 3.55. The fraction of sp³-hybridized carbons (Fsp3) is 0.188. The summed E-state index contributed by atoms with van der Waals surface area (Å²) in [6, 6.07) is 16.9. The average molecular weight is 287 g/mol. The van der Waals surface area contributed by atoms with Gasteiger partial charge in [0, 0.05) is 17.3 Å². The molecule has 2 rings (SSSR count). The fourth-order valence-electron chi connectivity index (χ4n) is 1.85. The van der Waals surface area contributed by atoms with Gasteiger partial charge in [0.1, 0.15) is 0 Å². The second kappa shape index (κ2) is 6.95. The first-order valence-electron chi connectivity index (χ1n) is 6.32. The molecular weight excluding hydrogens is 272 g/mol. The van der Waals surface area contributed by atoms with Gasteiger partial charge in [-0.2, -0.15) is 5.26 Å². The Morgan fingerprint density at radius 3 is 2.35 bits per heavy atom. The van der Waals surface area contributed by atoms with Crippen LogP contribution in [-0.2, 0) is 6.42 Å². The molecule has 102 valence electrons. The molecule has 0 radical (unpaired) electrons. The Morgan fingerprint density at radius 1 is 1.10 bits per heavy atom. The van der Waals surface area contributed by atoms with Crippen LogP contribution in [0.3, 0.4) is 0 Å². The summed E-state index contributed by atoms with van der Waals surface area (Å²) in [6.07, 6.45) is -0.181. The van der Waals surface area contributed by atoms with Gasteiger partial charge in [-0.25, -0.2) is 0 Å². The van der Waals surface area contributed by atoms with Crippen LogP contribution in [-0.4, -0.2) is 11.7 Å². The smallest absolute Gasteiger partial charge is 0.0962 e. The third kappa shape index (κ3) is 3.99. The second-order valence-corrected chi connectivity index (χ2v) is 4.92. The number of aliphatic hydroxyl groups is 1. The molecule has 2 aromatic rings. The molecule has 0 spiro atoms. The molecule has 0 saturated heterocycles. The van der Waals surface area contributed by atoms with Crippen LogP contribution in [0.15, 0.2) is 48.5 Å². The van der Waals surface area contributed by atoms with E-state index in [0.29, 0.717) is 18.0 Å². The van der Waals surface area contributed by atoms with Crippen molar-refractivity contribution in [1.82, 2.24) is 0 Å². The van der Waals surface area contributed by atoms with Crippen LogP contribution in [0.1, 0.15) is 17.2 Å². The van der Waals surface area contributed by atoms with E-state index in [1.807, 2.05) is 36.4 Å². The van der Waals surface area contributed by atoms with Crippen molar-refractivity contribution in [3.05, 3.63) is 64.7 Å². The molecule has 1 unspecified atom stereocenters. The van der Waals surface area contributed by atoms with E-state index in [1.54, 1.807) is 12.1 Å². The van der Waals surface area contributed by atoms with Gasteiger partial charge in [0.15, 0.2) is 0 Å². The summed E-state index contributed by atoms with van der Waals surface area (Å²) < 4.78 is 0. The number of rotatable bonds is 5. The largest absolute Gasteiger partial charge is 0.387 e. The Bertz CT molecular complexity index is 587. The summed E-state index contributed by atoms with van der Waals surface area (Å²) in [4.78, 5) is 0. The summed E-state index contributed by atoms with van der Waals surface area (Å²) in [5.41, 5.74) is 2.72. The lowest BCUT2D eigenvalue weighted by Gasteiger charge is -2.13. The van der Waals surface area contributed by atoms with Crippen LogP contribution in [0, 0.1) is 11.3 Å². The lowest BCUT2D eigenvalue weighted by atomic mass is 10.1. The zero-order chi connectivity index (χ0) is 14.4. The number of aliphatic hydroxyl groups excluding tert-OH is 1. The average Bonchev–Trinajstić information content (AvgIpc) is 2.47. The third-order valence-corrected chi connectivity index (χ3v) is 3.24. The number of nitrogens with one attached hydrogen (secondary N) is 1. The Morgan fingerprint density at radius 2 is 1.75 bits per heavy atom. The van der Waals surface area contributed by atoms with Crippen LogP contribution in [0.4, 0.5) is 5.69 Å². The molecular formula is C16H15ClN2O. The van der Waals surface area contributed by atoms with Crippen LogP contribution >= 0.6 is 11.6 Å². The highest BCUT2D eigenvalue weighted by atomic mass is 35.5. The first-order valence-corrected chi connectivity index (χ1v) is 6.70. The van der Waals surface area contributed by atoms with Crippen molar-refractivity contribution in [1.29, 1.82) is 5.26 Å². The fourth-order valence-corrected chi connectivity index (χ4v) is 1.98. The maximum absolute atomic E-state index is 10.1. The molecule has 4 heteroatoms. The number of halogens is 1. The molecule has 1 atom stereocenters. The molecule has 0 aliphatic carbocycles. The highest BCUT2D eigenvalue weighted by Crippen LogP contribution is 2.17. The van der Waals surface area contributed by atoms with E-state index >= 15 is 0 Å². The van der Waals surface area contributed by atoms with E-state index in [2.05, 4.69) is 11.4 Å². The number of anilines is 1. The monoisotopic (exact) mass is 286 g/mol. The number of benzene rings is 2. The van der Waals surface area contributed by atoms with Gasteiger partial charge in [-0.3, -0.25) is 0 Å². The number of nitrogens with zero attached hydrogens (tertiary/aromatic N) is 1. The first kappa shape index (κ1) is 14.4. The van der Waals surface area contributed by atoms with E-state index < -0.39 is 6.10 Å². The quantitative estimate of drug-likeness (QED) is 0.884. The molecule has 0 heterocycles. The van der Waals surface area contributed by atoms with Gasteiger partial charge in [-0.05, 0) is 35.4 Å². The van der Waals surface area contributed by atoms with Gasteiger partial charge in [0.25, 0.3) is 0 Å². The van der Waals surface area contributed by atoms with Crippen LogP contribution in [0.5, 0.6) is 0 Å². The van der Waals surface area contributed by atoms with Crippen molar-refractivity contribution in [2.45, 2.75) is 12.5 Å².